The highest BCUT2D eigenvalue weighted by atomic mass is 31.1. The first-order valence-corrected chi connectivity index (χ1v) is 13.8. The van der Waals surface area contributed by atoms with Crippen molar-refractivity contribution >= 4 is 56.9 Å². The largest absolute Gasteiger partial charge is 0.494 e. The lowest BCUT2D eigenvalue weighted by atomic mass is 9.94. The lowest BCUT2D eigenvalue weighted by Crippen LogP contribution is -2.44. The molecule has 184 valence electrons. The second-order valence-corrected chi connectivity index (χ2v) is 11.9. The van der Waals surface area contributed by atoms with Gasteiger partial charge in [0.1, 0.15) is 17.9 Å². The van der Waals surface area contributed by atoms with E-state index in [1.54, 1.807) is 13.4 Å². The third kappa shape index (κ3) is 4.74. The number of carbonyl (C=O) groups is 1. The second-order valence-electron chi connectivity index (χ2n) is 9.56. The van der Waals surface area contributed by atoms with Gasteiger partial charge in [-0.2, -0.15) is 0 Å². The van der Waals surface area contributed by atoms with E-state index < -0.39 is 0 Å². The molecule has 0 aliphatic carbocycles. The van der Waals surface area contributed by atoms with E-state index in [0.717, 1.165) is 66.6 Å². The van der Waals surface area contributed by atoms with Gasteiger partial charge in [0, 0.05) is 28.8 Å². The maximum Gasteiger partial charge on any atom is 0.245 e. The Balaban J connectivity index is 1.49. The molecule has 2 unspecified atom stereocenters. The van der Waals surface area contributed by atoms with Crippen molar-refractivity contribution in [2.24, 2.45) is 0 Å². The number of benzene rings is 2. The van der Waals surface area contributed by atoms with Crippen molar-refractivity contribution in [3.63, 3.8) is 0 Å². The van der Waals surface area contributed by atoms with Gasteiger partial charge in [0.25, 0.3) is 0 Å². The van der Waals surface area contributed by atoms with Crippen molar-refractivity contribution in [1.82, 2.24) is 14.9 Å². The molecule has 3 aromatic rings. The van der Waals surface area contributed by atoms with Crippen LogP contribution in [0.5, 0.6) is 5.75 Å². The van der Waals surface area contributed by atoms with Crippen LogP contribution in [0.15, 0.2) is 36.7 Å². The summed E-state index contributed by atoms with van der Waals surface area (Å²) in [5.41, 5.74) is 3.93. The number of anilines is 3. The van der Waals surface area contributed by atoms with Crippen molar-refractivity contribution in [3.8, 4) is 5.75 Å². The molecule has 2 aromatic carbocycles. The Bertz CT molecular complexity index is 1260. The Morgan fingerprint density at radius 2 is 2.03 bits per heavy atom. The molecule has 5 rings (SSSR count). The maximum atomic E-state index is 13.3. The van der Waals surface area contributed by atoms with Crippen LogP contribution in [0.25, 0.3) is 10.9 Å². The number of aryl methyl sites for hydroxylation is 1. The first-order valence-electron chi connectivity index (χ1n) is 12.2. The van der Waals surface area contributed by atoms with Crippen LogP contribution >= 0.6 is 17.8 Å². The topological polar surface area (TPSA) is 70.6 Å². The number of rotatable bonds is 6. The van der Waals surface area contributed by atoms with Crippen molar-refractivity contribution in [2.45, 2.75) is 38.3 Å². The van der Waals surface area contributed by atoms with Gasteiger partial charge in [-0.05, 0) is 77.4 Å². The number of nitrogens with one attached hydrogen (secondary N) is 1. The van der Waals surface area contributed by atoms with Gasteiger partial charge in [-0.25, -0.2) is 9.97 Å². The van der Waals surface area contributed by atoms with Crippen LogP contribution in [0.1, 0.15) is 31.7 Å². The number of piperidine rings is 1. The third-order valence-electron chi connectivity index (χ3n) is 7.23. The van der Waals surface area contributed by atoms with Gasteiger partial charge in [0.15, 0.2) is 0 Å². The van der Waals surface area contributed by atoms with Crippen LogP contribution in [0.2, 0.25) is 0 Å². The average molecular weight is 510 g/mol. The molecule has 2 fully saturated rings. The molecule has 3 heterocycles. The van der Waals surface area contributed by atoms with Crippen molar-refractivity contribution < 1.29 is 9.53 Å². The number of fused-ring (bicyclic) bond motifs is 1. The first kappa shape index (κ1) is 24.4. The van der Waals surface area contributed by atoms with Crippen molar-refractivity contribution in [2.75, 3.05) is 43.5 Å². The molecule has 2 aliphatic heterocycles. The van der Waals surface area contributed by atoms with E-state index in [2.05, 4.69) is 49.3 Å². The Morgan fingerprint density at radius 3 is 2.77 bits per heavy atom. The number of likely N-dealkylation sites (tertiary alicyclic amines) is 1. The number of hydrogen-bond donors (Lipinski definition) is 1. The lowest BCUT2D eigenvalue weighted by molar-refractivity contribution is 0.203. The molecule has 35 heavy (non-hydrogen) atoms. The molecule has 1 aromatic heterocycles. The minimum Gasteiger partial charge on any atom is -0.494 e. The van der Waals surface area contributed by atoms with Crippen molar-refractivity contribution in [1.29, 1.82) is 0 Å². The molecule has 2 saturated heterocycles. The first-order chi connectivity index (χ1) is 16.9. The summed E-state index contributed by atoms with van der Waals surface area (Å²) in [7, 11) is 4.75. The highest BCUT2D eigenvalue weighted by Gasteiger charge is 2.46. The molecule has 1 amide bonds. The number of ether oxygens (including phenoxy) is 1. The van der Waals surface area contributed by atoms with E-state index in [1.807, 2.05) is 29.2 Å². The van der Waals surface area contributed by atoms with E-state index in [-0.39, 0.29) is 10.8 Å². The fraction of sp³-hybridized carbons (Fsp3) is 0.423. The fourth-order valence-electron chi connectivity index (χ4n) is 5.17. The third-order valence-corrected chi connectivity index (χ3v) is 9.67. The Hall–Kier alpha value is -2.33. The zero-order valence-corrected chi connectivity index (χ0v) is 22.8. The molecular formula is C26H33N5O2P2. The number of methoxy groups -OCH3 is 1. The summed E-state index contributed by atoms with van der Waals surface area (Å²) in [5, 5.41) is 5.51. The van der Waals surface area contributed by atoms with Crippen LogP contribution in [0.3, 0.4) is 0 Å². The van der Waals surface area contributed by atoms with Gasteiger partial charge in [-0.3, -0.25) is 4.79 Å². The Labute approximate surface area is 211 Å². The Morgan fingerprint density at radius 1 is 1.23 bits per heavy atom. The molecule has 7 nitrogen and oxygen atoms in total. The molecule has 0 radical (unpaired) electrons. The molecule has 1 N–H and O–H groups in total. The monoisotopic (exact) mass is 509 g/mol. The lowest BCUT2D eigenvalue weighted by Gasteiger charge is -2.38. The molecule has 0 saturated carbocycles. The molecule has 1 spiro atoms. The number of hydrogen-bond acceptors (Lipinski definition) is 6. The summed E-state index contributed by atoms with van der Waals surface area (Å²) < 4.78 is 5.75. The van der Waals surface area contributed by atoms with Gasteiger partial charge in [0.05, 0.1) is 18.3 Å². The minimum absolute atomic E-state index is 0.0749. The molecule has 2 aliphatic rings. The smallest absolute Gasteiger partial charge is 0.245 e. The summed E-state index contributed by atoms with van der Waals surface area (Å²) in [6.45, 7) is 8.35. The summed E-state index contributed by atoms with van der Waals surface area (Å²) in [4.78, 5) is 26.8. The van der Waals surface area contributed by atoms with Crippen LogP contribution < -0.4 is 20.3 Å². The number of amides is 1. The number of carbonyl (C=O) groups excluding carboxylic acids is 1. The average Bonchev–Trinajstić information content (AvgIpc) is 3.18. The van der Waals surface area contributed by atoms with Gasteiger partial charge in [-0.15, -0.1) is 9.24 Å². The SMILES string of the molecule is CCCN1CCC2(CC1)CN(c1cc3c(Nc4cccc(C)c4P)ncnc3cc1OC)C(=O)P2. The second kappa shape index (κ2) is 9.97. The predicted octanol–water partition coefficient (Wildman–Crippen LogP) is 5.05. The van der Waals surface area contributed by atoms with Crippen molar-refractivity contribution in [3.05, 3.63) is 42.2 Å². The normalized spacial score (nSPS) is 18.6. The molecule has 0 bridgehead atoms. The fourth-order valence-corrected chi connectivity index (χ4v) is 6.93. The number of aromatic nitrogens is 2. The Kier molecular flexibility index (Phi) is 6.94. The van der Waals surface area contributed by atoms with Crippen LogP contribution in [-0.4, -0.2) is 59.0 Å². The van der Waals surface area contributed by atoms with Gasteiger partial charge < -0.3 is 19.9 Å². The van der Waals surface area contributed by atoms with E-state index in [4.69, 9.17) is 4.74 Å². The summed E-state index contributed by atoms with van der Waals surface area (Å²) >= 11 is 0. The zero-order valence-electron chi connectivity index (χ0n) is 20.6. The zero-order chi connectivity index (χ0) is 24.6. The molecule has 2 atom stereocenters. The van der Waals surface area contributed by atoms with Gasteiger partial charge >= 0.3 is 0 Å². The highest BCUT2D eigenvalue weighted by Crippen LogP contribution is 2.51. The van der Waals surface area contributed by atoms with Gasteiger partial charge in [0.2, 0.25) is 5.65 Å². The summed E-state index contributed by atoms with van der Waals surface area (Å²) in [6.07, 6.45) is 4.88. The minimum atomic E-state index is 0.0749. The van der Waals surface area contributed by atoms with E-state index >= 15 is 0 Å². The van der Waals surface area contributed by atoms with E-state index in [9.17, 15) is 4.79 Å². The van der Waals surface area contributed by atoms with Gasteiger partial charge in [-0.1, -0.05) is 19.1 Å². The van der Waals surface area contributed by atoms with Crippen LogP contribution in [0.4, 0.5) is 22.0 Å². The van der Waals surface area contributed by atoms with Crippen LogP contribution in [-0.2, 0) is 0 Å². The predicted molar refractivity (Wildman–Crippen MR) is 150 cm³/mol. The highest BCUT2D eigenvalue weighted by molar-refractivity contribution is 7.60. The van der Waals surface area contributed by atoms with Crippen LogP contribution in [0, 0.1) is 6.92 Å². The molecule has 9 heteroatoms. The molecular weight excluding hydrogens is 476 g/mol. The standard InChI is InChI=1S/C26H33N5O2P2/c1-4-10-30-11-8-26(9-12-30)15-31(25(32)35-26)21-13-18-20(14-22(21)33-3)27-16-28-24(18)29-19-7-5-6-17(2)23(19)34/h5-7,13-14,16,35H,4,8-12,15,34H2,1-3H3,(H,27,28,29). The van der Waals surface area contributed by atoms with E-state index in [0.29, 0.717) is 20.1 Å². The summed E-state index contributed by atoms with van der Waals surface area (Å²) in [5.74, 6) is 1.38. The quantitative estimate of drug-likeness (QED) is 0.469. The van der Waals surface area contributed by atoms with E-state index in [1.165, 1.54) is 12.0 Å². The summed E-state index contributed by atoms with van der Waals surface area (Å²) in [6, 6.07) is 10.1. The number of nitrogens with zero attached hydrogens (tertiary/aromatic N) is 4. The maximum absolute atomic E-state index is 13.3.